The van der Waals surface area contributed by atoms with E-state index in [0.29, 0.717) is 52.9 Å². The first kappa shape index (κ1) is 46.8. The van der Waals surface area contributed by atoms with Gasteiger partial charge in [-0.05, 0) is 151 Å². The number of aryl methyl sites for hydroxylation is 4. The number of hydrogen-bond acceptors (Lipinski definition) is 10. The monoisotopic (exact) mass is 818 g/mol. The van der Waals surface area contributed by atoms with Gasteiger partial charge in [-0.3, -0.25) is 0 Å². The van der Waals surface area contributed by atoms with Crippen LogP contribution < -0.4 is 9.47 Å². The van der Waals surface area contributed by atoms with Crippen LogP contribution >= 0.6 is 0 Å². The summed E-state index contributed by atoms with van der Waals surface area (Å²) in [5, 5.41) is 0. The highest BCUT2D eigenvalue weighted by atomic mass is 28.4. The summed E-state index contributed by atoms with van der Waals surface area (Å²) >= 11 is 0. The fraction of sp³-hybridized carbons (Fsp3) is 0.727. The van der Waals surface area contributed by atoms with E-state index in [-0.39, 0.29) is 12.2 Å². The summed E-state index contributed by atoms with van der Waals surface area (Å²) in [6, 6.07) is 10.9. The molecular weight excluding hydrogens is 745 g/mol. The van der Waals surface area contributed by atoms with Crippen LogP contribution in [0.3, 0.4) is 0 Å². The van der Waals surface area contributed by atoms with Crippen molar-refractivity contribution in [1.82, 2.24) is 0 Å². The predicted molar refractivity (Wildman–Crippen MR) is 227 cm³/mol. The highest BCUT2D eigenvalue weighted by Crippen LogP contribution is 2.39. The van der Waals surface area contributed by atoms with Gasteiger partial charge in [0.2, 0.25) is 0 Å². The molecule has 0 N–H and O–H groups in total. The molecule has 2 aromatic carbocycles. The molecule has 318 valence electrons. The standard InChI is InChI=1S/C44H74O10Si2/c1-9-17-21-35-27-39(28-36(22-18-10-2)43(35)47-33-41-31-45-41)40-29-37(23-19-25-55(49-11-3,50-12-4)51-13-5)44(48-34-42-32-46-42)38(30-40)24-20-26-56(52-14-6,53-15-7)54-16-8/h27-30,41-42H,9-26,31-34H2,1-8H3. The Kier molecular flexibility index (Phi) is 20.9. The molecule has 4 rings (SSSR count). The molecule has 0 aromatic heterocycles. The lowest BCUT2D eigenvalue weighted by Gasteiger charge is -2.29. The molecular formula is C44H74O10Si2. The Labute approximate surface area is 341 Å². The minimum atomic E-state index is -2.83. The Hall–Kier alpha value is -1.85. The Morgan fingerprint density at radius 1 is 0.464 bits per heavy atom. The second kappa shape index (κ2) is 24.9. The van der Waals surface area contributed by atoms with Gasteiger partial charge in [-0.2, -0.15) is 0 Å². The van der Waals surface area contributed by atoms with Crippen LogP contribution in [-0.2, 0) is 61.7 Å². The number of hydrogen-bond donors (Lipinski definition) is 0. The van der Waals surface area contributed by atoms with Gasteiger partial charge in [0.15, 0.2) is 0 Å². The van der Waals surface area contributed by atoms with Crippen LogP contribution in [0.4, 0.5) is 0 Å². The summed E-state index contributed by atoms with van der Waals surface area (Å²) in [6.45, 7) is 22.6. The summed E-state index contributed by atoms with van der Waals surface area (Å²) in [4.78, 5) is 0. The van der Waals surface area contributed by atoms with Crippen LogP contribution in [-0.4, -0.2) is 95.9 Å². The van der Waals surface area contributed by atoms with E-state index in [9.17, 15) is 0 Å². The average Bonchev–Trinajstić information content (AvgIpc) is 4.12. The van der Waals surface area contributed by atoms with E-state index in [1.165, 1.54) is 33.4 Å². The normalized spacial score (nSPS) is 16.7. The molecule has 0 radical (unpaired) electrons. The van der Waals surface area contributed by atoms with Crippen LogP contribution in [0.25, 0.3) is 11.1 Å². The van der Waals surface area contributed by atoms with Gasteiger partial charge in [0.1, 0.15) is 36.9 Å². The van der Waals surface area contributed by atoms with Crippen LogP contribution in [0.2, 0.25) is 12.1 Å². The third-order valence-electron chi connectivity index (χ3n) is 10.1. The Morgan fingerprint density at radius 2 is 0.750 bits per heavy atom. The first-order valence-electron chi connectivity index (χ1n) is 22.0. The molecule has 2 aliphatic heterocycles. The molecule has 2 atom stereocenters. The highest BCUT2D eigenvalue weighted by Gasteiger charge is 2.41. The van der Waals surface area contributed by atoms with Gasteiger partial charge in [0.25, 0.3) is 0 Å². The molecule has 0 spiro atoms. The molecule has 2 unspecified atom stereocenters. The molecule has 12 heteroatoms. The number of ether oxygens (including phenoxy) is 4. The summed E-state index contributed by atoms with van der Waals surface area (Å²) < 4.78 is 62.1. The average molecular weight is 819 g/mol. The van der Waals surface area contributed by atoms with Crippen molar-refractivity contribution < 1.29 is 45.5 Å². The smallest absolute Gasteiger partial charge is 0.490 e. The van der Waals surface area contributed by atoms with Crippen LogP contribution in [0.5, 0.6) is 11.5 Å². The lowest BCUT2D eigenvalue weighted by molar-refractivity contribution is 0.0700. The third kappa shape index (κ3) is 14.8. The molecule has 2 aromatic rings. The van der Waals surface area contributed by atoms with E-state index in [1.807, 2.05) is 41.5 Å². The maximum Gasteiger partial charge on any atom is 0.500 e. The first-order valence-corrected chi connectivity index (χ1v) is 25.8. The van der Waals surface area contributed by atoms with E-state index in [1.54, 1.807) is 0 Å². The number of benzene rings is 2. The molecule has 2 fully saturated rings. The van der Waals surface area contributed by atoms with Crippen LogP contribution in [0, 0.1) is 0 Å². The van der Waals surface area contributed by atoms with Crippen molar-refractivity contribution in [3.8, 4) is 22.6 Å². The van der Waals surface area contributed by atoms with Gasteiger partial charge < -0.3 is 45.5 Å². The van der Waals surface area contributed by atoms with Crippen molar-refractivity contribution in [3.63, 3.8) is 0 Å². The van der Waals surface area contributed by atoms with Crippen molar-refractivity contribution >= 4 is 17.6 Å². The Morgan fingerprint density at radius 3 is 1.00 bits per heavy atom. The zero-order valence-electron chi connectivity index (χ0n) is 36.1. The molecule has 2 aliphatic rings. The minimum absolute atomic E-state index is 0.133. The SMILES string of the molecule is CCCCc1cc(-c2cc(CCC[Si](OCC)(OCC)OCC)c(OCC3CO3)c(CCC[Si](OCC)(OCC)OCC)c2)cc(CCCC)c1OCC1CO1. The zero-order valence-corrected chi connectivity index (χ0v) is 38.1. The maximum atomic E-state index is 6.74. The highest BCUT2D eigenvalue weighted by molar-refractivity contribution is 6.61. The lowest BCUT2D eigenvalue weighted by Crippen LogP contribution is -2.46. The largest absolute Gasteiger partial charge is 0.500 e. The van der Waals surface area contributed by atoms with Gasteiger partial charge in [-0.25, -0.2) is 0 Å². The van der Waals surface area contributed by atoms with Crippen LogP contribution in [0.1, 0.15) is 116 Å². The molecule has 0 saturated carbocycles. The second-order valence-corrected chi connectivity index (χ2v) is 20.1. The van der Waals surface area contributed by atoms with Crippen molar-refractivity contribution in [2.45, 2.75) is 144 Å². The summed E-state index contributed by atoms with van der Waals surface area (Å²) in [5.74, 6) is 2.02. The Balaban J connectivity index is 1.80. The van der Waals surface area contributed by atoms with Crippen molar-refractivity contribution in [1.29, 1.82) is 0 Å². The Bertz CT molecular complexity index is 1300. The third-order valence-corrected chi connectivity index (χ3v) is 16.4. The first-order chi connectivity index (χ1) is 27.3. The second-order valence-electron chi connectivity index (χ2n) is 14.7. The quantitative estimate of drug-likeness (QED) is 0.0512. The van der Waals surface area contributed by atoms with Gasteiger partial charge >= 0.3 is 17.6 Å². The molecule has 2 saturated heterocycles. The van der Waals surface area contributed by atoms with Crippen molar-refractivity contribution in [2.24, 2.45) is 0 Å². The molecule has 2 heterocycles. The summed E-state index contributed by atoms with van der Waals surface area (Å²) in [7, 11) is -5.66. The fourth-order valence-corrected chi connectivity index (χ4v) is 12.6. The molecule has 10 nitrogen and oxygen atoms in total. The van der Waals surface area contributed by atoms with Gasteiger partial charge in [-0.15, -0.1) is 0 Å². The topological polar surface area (TPSA) is 98.9 Å². The van der Waals surface area contributed by atoms with Gasteiger partial charge in [0, 0.05) is 51.7 Å². The summed E-state index contributed by atoms with van der Waals surface area (Å²) in [6.07, 6.45) is 10.0. The van der Waals surface area contributed by atoms with E-state index in [0.717, 1.165) is 101 Å². The zero-order chi connectivity index (χ0) is 40.2. The molecule has 0 bridgehead atoms. The van der Waals surface area contributed by atoms with Gasteiger partial charge in [-0.1, -0.05) is 26.7 Å². The van der Waals surface area contributed by atoms with E-state index < -0.39 is 17.6 Å². The van der Waals surface area contributed by atoms with E-state index in [4.69, 9.17) is 45.5 Å². The maximum absolute atomic E-state index is 6.74. The number of unbranched alkanes of at least 4 members (excludes halogenated alkanes) is 2. The fourth-order valence-electron chi connectivity index (χ4n) is 7.36. The van der Waals surface area contributed by atoms with Crippen molar-refractivity contribution in [3.05, 3.63) is 46.5 Å². The molecule has 0 amide bonds. The van der Waals surface area contributed by atoms with E-state index in [2.05, 4.69) is 38.1 Å². The predicted octanol–water partition coefficient (Wildman–Crippen LogP) is 9.56. The molecule has 0 aliphatic carbocycles. The number of rotatable bonds is 33. The van der Waals surface area contributed by atoms with E-state index >= 15 is 0 Å². The minimum Gasteiger partial charge on any atom is -0.490 e. The number of epoxide rings is 2. The molecule has 56 heavy (non-hydrogen) atoms. The van der Waals surface area contributed by atoms with Gasteiger partial charge in [0.05, 0.1) is 13.2 Å². The summed E-state index contributed by atoms with van der Waals surface area (Å²) in [5.41, 5.74) is 7.36. The van der Waals surface area contributed by atoms with Crippen LogP contribution in [0.15, 0.2) is 24.3 Å². The van der Waals surface area contributed by atoms with Crippen molar-refractivity contribution in [2.75, 3.05) is 66.1 Å². The lowest BCUT2D eigenvalue weighted by atomic mass is 9.90.